The molecule has 304 valence electrons. The summed E-state index contributed by atoms with van der Waals surface area (Å²) in [4.78, 5) is 29.5. The van der Waals surface area contributed by atoms with Gasteiger partial charge in [-0.05, 0) is 82.3 Å². The van der Waals surface area contributed by atoms with E-state index in [1.54, 1.807) is 42.5 Å². The lowest BCUT2D eigenvalue weighted by molar-refractivity contribution is -0.118. The maximum absolute atomic E-state index is 14.4. The summed E-state index contributed by atoms with van der Waals surface area (Å²) >= 11 is 0. The van der Waals surface area contributed by atoms with E-state index in [-0.39, 0.29) is 36.0 Å². The van der Waals surface area contributed by atoms with E-state index in [0.29, 0.717) is 11.3 Å². The number of carbonyl (C=O) groups is 2. The average Bonchev–Trinajstić information content (AvgIpc) is 3.30. The van der Waals surface area contributed by atoms with Crippen LogP contribution in [0.3, 0.4) is 0 Å². The molecule has 0 radical (unpaired) electrons. The number of hydrogen-bond donors (Lipinski definition) is 0. The Morgan fingerprint density at radius 3 is 1.70 bits per heavy atom. The molecule has 0 saturated heterocycles. The number of ether oxygens (including phenoxy) is 2. The minimum atomic E-state index is -4.01. The molecule has 7 rings (SSSR count). The number of nitriles is 1. The molecule has 0 aromatic heterocycles. The van der Waals surface area contributed by atoms with Crippen molar-refractivity contribution in [1.82, 2.24) is 4.31 Å². The Balaban J connectivity index is 1.18. The van der Waals surface area contributed by atoms with E-state index in [1.807, 2.05) is 128 Å². The number of rotatable bonds is 15. The van der Waals surface area contributed by atoms with Gasteiger partial charge in [-0.25, -0.2) is 13.2 Å². The van der Waals surface area contributed by atoms with E-state index in [2.05, 4.69) is 6.07 Å². The van der Waals surface area contributed by atoms with E-state index in [4.69, 9.17) is 14.7 Å². The highest BCUT2D eigenvalue weighted by Crippen LogP contribution is 2.31. The van der Waals surface area contributed by atoms with Gasteiger partial charge >= 0.3 is 5.97 Å². The van der Waals surface area contributed by atoms with Crippen LogP contribution in [-0.4, -0.2) is 38.2 Å². The zero-order valence-corrected chi connectivity index (χ0v) is 34.6. The van der Waals surface area contributed by atoms with Crippen LogP contribution in [0.2, 0.25) is 0 Å². The Morgan fingerprint density at radius 1 is 0.623 bits per heavy atom. The fraction of sp³-hybridized carbons (Fsp3) is 0.118. The van der Waals surface area contributed by atoms with Crippen molar-refractivity contribution < 1.29 is 27.5 Å². The Hall–Kier alpha value is -7.32. The molecular weight excluding hydrogens is 783 g/mol. The minimum Gasteiger partial charge on any atom is -0.488 e. The standard InChI is InChI=1S/C51H43N3O6S/c1-37-13-28-47(29-14-37)61(57,58)53(2)34-50(55)54(33-39-17-21-43(22-18-39)45-25-23-44(24-26-45)42-19-15-38(32-52)16-20-42)46-27-30-48(51(56)60-36-41-11-7-4-8-12-41)49(31-46)59-35-40-9-5-3-6-10-40/h3-31H,33-36H2,1-2H3. The van der Waals surface area contributed by atoms with Gasteiger partial charge in [0.1, 0.15) is 24.5 Å². The quantitative estimate of drug-likeness (QED) is 0.0945. The van der Waals surface area contributed by atoms with Gasteiger partial charge < -0.3 is 14.4 Å². The lowest BCUT2D eigenvalue weighted by atomic mass is 9.99. The monoisotopic (exact) mass is 825 g/mol. The minimum absolute atomic E-state index is 0.0588. The third kappa shape index (κ3) is 10.5. The zero-order valence-electron chi connectivity index (χ0n) is 33.8. The van der Waals surface area contributed by atoms with Crippen molar-refractivity contribution in [2.45, 2.75) is 31.6 Å². The lowest BCUT2D eigenvalue weighted by Crippen LogP contribution is -2.41. The first kappa shape index (κ1) is 41.8. The Kier molecular flexibility index (Phi) is 13.1. The Bertz CT molecular complexity index is 2750. The van der Waals surface area contributed by atoms with E-state index in [9.17, 15) is 18.0 Å². The second-order valence-corrected chi connectivity index (χ2v) is 16.6. The van der Waals surface area contributed by atoms with Crippen molar-refractivity contribution in [2.75, 3.05) is 18.5 Å². The fourth-order valence-corrected chi connectivity index (χ4v) is 7.78. The van der Waals surface area contributed by atoms with Crippen molar-refractivity contribution in [1.29, 1.82) is 5.26 Å². The molecule has 0 saturated carbocycles. The first-order chi connectivity index (χ1) is 29.6. The number of amides is 1. The summed E-state index contributed by atoms with van der Waals surface area (Å²) in [5.41, 5.74) is 8.57. The molecule has 0 unspecified atom stereocenters. The van der Waals surface area contributed by atoms with Crippen molar-refractivity contribution in [3.63, 3.8) is 0 Å². The van der Waals surface area contributed by atoms with E-state index >= 15 is 0 Å². The number of nitrogens with zero attached hydrogens (tertiary/aromatic N) is 3. The number of benzene rings is 7. The van der Waals surface area contributed by atoms with Gasteiger partial charge in [0.05, 0.1) is 29.6 Å². The third-order valence-electron chi connectivity index (χ3n) is 10.2. The molecule has 0 bridgehead atoms. The molecule has 10 heteroatoms. The van der Waals surface area contributed by atoms with Crippen molar-refractivity contribution in [3.05, 3.63) is 209 Å². The van der Waals surface area contributed by atoms with Gasteiger partial charge in [-0.2, -0.15) is 9.57 Å². The summed E-state index contributed by atoms with van der Waals surface area (Å²) in [5, 5.41) is 9.15. The largest absolute Gasteiger partial charge is 0.488 e. The maximum atomic E-state index is 14.4. The summed E-state index contributed by atoms with van der Waals surface area (Å²) in [6.45, 7) is 1.70. The number of hydrogen-bond acceptors (Lipinski definition) is 7. The molecule has 61 heavy (non-hydrogen) atoms. The Labute approximate surface area is 356 Å². The number of esters is 1. The molecule has 0 N–H and O–H groups in total. The number of likely N-dealkylation sites (N-methyl/N-ethyl adjacent to an activating group) is 1. The summed E-state index contributed by atoms with van der Waals surface area (Å²) in [6, 6.07) is 55.7. The number of carbonyl (C=O) groups excluding carboxylic acids is 2. The Morgan fingerprint density at radius 2 is 1.15 bits per heavy atom. The topological polar surface area (TPSA) is 117 Å². The van der Waals surface area contributed by atoms with Crippen LogP contribution in [-0.2, 0) is 39.3 Å². The third-order valence-corrected chi connectivity index (χ3v) is 12.0. The van der Waals surface area contributed by atoms with Crippen LogP contribution in [0.1, 0.15) is 38.2 Å². The summed E-state index contributed by atoms with van der Waals surface area (Å²) in [6.07, 6.45) is 0. The number of sulfonamides is 1. The van der Waals surface area contributed by atoms with Crippen LogP contribution < -0.4 is 9.64 Å². The molecule has 7 aromatic rings. The number of aryl methyl sites for hydroxylation is 1. The van der Waals surface area contributed by atoms with Crippen LogP contribution >= 0.6 is 0 Å². The van der Waals surface area contributed by atoms with Gasteiger partial charge in [-0.15, -0.1) is 0 Å². The maximum Gasteiger partial charge on any atom is 0.342 e. The lowest BCUT2D eigenvalue weighted by Gasteiger charge is -2.27. The smallest absolute Gasteiger partial charge is 0.342 e. The van der Waals surface area contributed by atoms with Crippen LogP contribution in [0.25, 0.3) is 22.3 Å². The SMILES string of the molecule is Cc1ccc(S(=O)(=O)N(C)CC(=O)N(Cc2ccc(-c3ccc(-c4ccc(C#N)cc4)cc3)cc2)c2ccc(C(=O)OCc3ccccc3)c(OCc3ccccc3)c2)cc1. The van der Waals surface area contributed by atoms with Crippen LogP contribution in [0.4, 0.5) is 5.69 Å². The average molecular weight is 826 g/mol. The number of anilines is 1. The summed E-state index contributed by atoms with van der Waals surface area (Å²) in [5.74, 6) is -0.882. The highest BCUT2D eigenvalue weighted by Gasteiger charge is 2.27. The first-order valence-electron chi connectivity index (χ1n) is 19.6. The van der Waals surface area contributed by atoms with Gasteiger partial charge in [-0.1, -0.05) is 139 Å². The second kappa shape index (κ2) is 19.2. The molecule has 9 nitrogen and oxygen atoms in total. The highest BCUT2D eigenvalue weighted by molar-refractivity contribution is 7.89. The van der Waals surface area contributed by atoms with E-state index < -0.39 is 28.4 Å². The molecular formula is C51H43N3O6S. The van der Waals surface area contributed by atoms with Gasteiger partial charge in [0.15, 0.2) is 0 Å². The molecule has 1 amide bonds. The van der Waals surface area contributed by atoms with Crippen LogP contribution in [0.15, 0.2) is 181 Å². The molecule has 0 atom stereocenters. The van der Waals surface area contributed by atoms with Crippen molar-refractivity contribution >= 4 is 27.6 Å². The van der Waals surface area contributed by atoms with Gasteiger partial charge in [0.2, 0.25) is 15.9 Å². The van der Waals surface area contributed by atoms with Crippen LogP contribution in [0.5, 0.6) is 5.75 Å². The fourth-order valence-electron chi connectivity index (χ4n) is 6.66. The van der Waals surface area contributed by atoms with Gasteiger partial charge in [0, 0.05) is 18.8 Å². The van der Waals surface area contributed by atoms with E-state index in [0.717, 1.165) is 48.8 Å². The highest BCUT2D eigenvalue weighted by atomic mass is 32.2. The van der Waals surface area contributed by atoms with Crippen molar-refractivity contribution in [2.24, 2.45) is 0 Å². The zero-order chi connectivity index (χ0) is 42.8. The molecule has 0 aliphatic carbocycles. The molecule has 0 fully saturated rings. The predicted octanol–water partition coefficient (Wildman–Crippen LogP) is 9.99. The summed E-state index contributed by atoms with van der Waals surface area (Å²) in [7, 11) is -2.63. The molecule has 0 aliphatic heterocycles. The van der Waals surface area contributed by atoms with Gasteiger partial charge in [-0.3, -0.25) is 4.79 Å². The van der Waals surface area contributed by atoms with Crippen molar-refractivity contribution in [3.8, 4) is 34.1 Å². The van der Waals surface area contributed by atoms with E-state index in [1.165, 1.54) is 24.1 Å². The molecule has 0 heterocycles. The molecule has 0 spiro atoms. The first-order valence-corrected chi connectivity index (χ1v) is 21.1. The molecule has 0 aliphatic rings. The predicted molar refractivity (Wildman–Crippen MR) is 237 cm³/mol. The van der Waals surface area contributed by atoms with Gasteiger partial charge in [0.25, 0.3) is 0 Å². The van der Waals surface area contributed by atoms with Crippen LogP contribution in [0, 0.1) is 18.3 Å². The summed E-state index contributed by atoms with van der Waals surface area (Å²) < 4.78 is 40.3. The normalized spacial score (nSPS) is 11.1. The second-order valence-electron chi connectivity index (χ2n) is 14.5. The molecule has 7 aromatic carbocycles.